The van der Waals surface area contributed by atoms with Gasteiger partial charge in [-0.2, -0.15) is 0 Å². The molecule has 0 aliphatic carbocycles. The minimum absolute atomic E-state index is 0.0637. The van der Waals surface area contributed by atoms with Crippen molar-refractivity contribution in [1.82, 2.24) is 4.98 Å². The van der Waals surface area contributed by atoms with E-state index >= 15 is 0 Å². The number of aromatic nitrogens is 1. The van der Waals surface area contributed by atoms with Gasteiger partial charge in [-0.15, -0.1) is 11.3 Å². The van der Waals surface area contributed by atoms with E-state index in [4.69, 9.17) is 0 Å². The van der Waals surface area contributed by atoms with E-state index in [1.165, 1.54) is 35.0 Å². The van der Waals surface area contributed by atoms with E-state index in [0.717, 1.165) is 5.56 Å². The van der Waals surface area contributed by atoms with E-state index in [1.54, 1.807) is 13.0 Å². The average molecular weight is 304 g/mol. The summed E-state index contributed by atoms with van der Waals surface area (Å²) in [6, 6.07) is 6.08. The van der Waals surface area contributed by atoms with Crippen LogP contribution in [-0.4, -0.2) is 11.3 Å². The zero-order chi connectivity index (χ0) is 15.0. The SMILES string of the molecule is Cc1ccc(Nc2c(C=O)cc3scnc3c2F)c(F)c1. The number of nitrogens with zero attached hydrogens (tertiary/aromatic N) is 1. The monoisotopic (exact) mass is 304 g/mol. The van der Waals surface area contributed by atoms with Crippen molar-refractivity contribution in [1.29, 1.82) is 0 Å². The number of aryl methyl sites for hydroxylation is 1. The normalized spacial score (nSPS) is 10.8. The number of halogens is 2. The van der Waals surface area contributed by atoms with Gasteiger partial charge in [-0.25, -0.2) is 13.8 Å². The molecule has 0 aliphatic heterocycles. The second kappa shape index (κ2) is 5.21. The summed E-state index contributed by atoms with van der Waals surface area (Å²) in [7, 11) is 0. The molecule has 0 spiro atoms. The highest BCUT2D eigenvalue weighted by Crippen LogP contribution is 2.32. The van der Waals surface area contributed by atoms with Gasteiger partial charge in [0.05, 0.1) is 21.6 Å². The zero-order valence-corrected chi connectivity index (χ0v) is 11.8. The average Bonchev–Trinajstić information content (AvgIpc) is 2.92. The predicted octanol–water partition coefficient (Wildman–Crippen LogP) is 4.44. The smallest absolute Gasteiger partial charge is 0.174 e. The summed E-state index contributed by atoms with van der Waals surface area (Å²) < 4.78 is 28.9. The molecular formula is C15H10F2N2OS. The van der Waals surface area contributed by atoms with Gasteiger partial charge in [-0.3, -0.25) is 4.79 Å². The first-order valence-corrected chi connectivity index (χ1v) is 7.02. The third kappa shape index (κ3) is 2.38. The quantitative estimate of drug-likeness (QED) is 0.727. The Morgan fingerprint density at radius 3 is 2.81 bits per heavy atom. The van der Waals surface area contributed by atoms with E-state index in [9.17, 15) is 13.6 Å². The number of carbonyl (C=O) groups excluding carboxylic acids is 1. The summed E-state index contributed by atoms with van der Waals surface area (Å²) in [4.78, 5) is 15.1. The lowest BCUT2D eigenvalue weighted by Crippen LogP contribution is -2.01. The Balaban J connectivity index is 2.14. The molecule has 0 aliphatic rings. The molecule has 2 aromatic carbocycles. The van der Waals surface area contributed by atoms with Crippen molar-refractivity contribution in [3.8, 4) is 0 Å². The lowest BCUT2D eigenvalue weighted by molar-refractivity contribution is 0.112. The Hall–Kier alpha value is -2.34. The Bertz CT molecular complexity index is 845. The Labute approximate surface area is 123 Å². The number of benzene rings is 2. The Kier molecular flexibility index (Phi) is 3.39. The van der Waals surface area contributed by atoms with Crippen molar-refractivity contribution >= 4 is 39.2 Å². The van der Waals surface area contributed by atoms with Crippen LogP contribution in [0, 0.1) is 18.6 Å². The van der Waals surface area contributed by atoms with E-state index < -0.39 is 11.6 Å². The standard InChI is InChI=1S/C15H10F2N2OS/c1-8-2-3-11(10(16)4-8)19-14-9(6-20)5-12-15(13(14)17)18-7-21-12/h2-7,19H,1H3. The molecule has 21 heavy (non-hydrogen) atoms. The maximum atomic E-state index is 14.4. The highest BCUT2D eigenvalue weighted by molar-refractivity contribution is 7.16. The van der Waals surface area contributed by atoms with Crippen LogP contribution >= 0.6 is 11.3 Å². The second-order valence-corrected chi connectivity index (χ2v) is 5.47. The molecule has 0 saturated carbocycles. The summed E-state index contributed by atoms with van der Waals surface area (Å²) in [5.74, 6) is -1.17. The highest BCUT2D eigenvalue weighted by Gasteiger charge is 2.16. The van der Waals surface area contributed by atoms with E-state index in [2.05, 4.69) is 10.3 Å². The molecule has 0 fully saturated rings. The van der Waals surface area contributed by atoms with Crippen LogP contribution < -0.4 is 5.32 Å². The molecule has 3 aromatic rings. The summed E-state index contributed by atoms with van der Waals surface area (Å²) in [6.45, 7) is 1.76. The van der Waals surface area contributed by atoms with Crippen LogP contribution in [0.1, 0.15) is 15.9 Å². The van der Waals surface area contributed by atoms with Crippen LogP contribution in [0.2, 0.25) is 0 Å². The van der Waals surface area contributed by atoms with Crippen LogP contribution in [0.3, 0.4) is 0 Å². The zero-order valence-electron chi connectivity index (χ0n) is 11.0. The lowest BCUT2D eigenvalue weighted by atomic mass is 10.1. The van der Waals surface area contributed by atoms with Crippen molar-refractivity contribution in [2.75, 3.05) is 5.32 Å². The molecule has 1 heterocycles. The minimum atomic E-state index is -0.657. The molecule has 0 amide bonds. The molecule has 1 N–H and O–H groups in total. The van der Waals surface area contributed by atoms with Crippen LogP contribution in [0.5, 0.6) is 0 Å². The summed E-state index contributed by atoms with van der Waals surface area (Å²) in [5.41, 5.74) is 2.59. The number of hydrogen-bond acceptors (Lipinski definition) is 4. The first-order valence-electron chi connectivity index (χ1n) is 6.14. The number of rotatable bonds is 3. The number of thiazole rings is 1. The maximum Gasteiger partial charge on any atom is 0.174 e. The number of fused-ring (bicyclic) bond motifs is 1. The minimum Gasteiger partial charge on any atom is -0.350 e. The van der Waals surface area contributed by atoms with E-state index in [-0.39, 0.29) is 22.5 Å². The summed E-state index contributed by atoms with van der Waals surface area (Å²) in [6.07, 6.45) is 0.538. The molecular weight excluding hydrogens is 294 g/mol. The third-order valence-electron chi connectivity index (χ3n) is 3.11. The molecule has 3 rings (SSSR count). The van der Waals surface area contributed by atoms with Crippen LogP contribution in [0.25, 0.3) is 10.2 Å². The third-order valence-corrected chi connectivity index (χ3v) is 3.88. The largest absolute Gasteiger partial charge is 0.350 e. The molecule has 0 saturated heterocycles. The fraction of sp³-hybridized carbons (Fsp3) is 0.0667. The predicted molar refractivity (Wildman–Crippen MR) is 79.4 cm³/mol. The lowest BCUT2D eigenvalue weighted by Gasteiger charge is -2.11. The van der Waals surface area contributed by atoms with Crippen molar-refractivity contribution in [2.45, 2.75) is 6.92 Å². The van der Waals surface area contributed by atoms with Gasteiger partial charge in [0.2, 0.25) is 0 Å². The Morgan fingerprint density at radius 2 is 2.10 bits per heavy atom. The molecule has 0 unspecified atom stereocenters. The van der Waals surface area contributed by atoms with Gasteiger partial charge in [0.15, 0.2) is 12.1 Å². The van der Waals surface area contributed by atoms with Crippen molar-refractivity contribution < 1.29 is 13.6 Å². The van der Waals surface area contributed by atoms with Crippen molar-refractivity contribution in [3.05, 3.63) is 52.5 Å². The van der Waals surface area contributed by atoms with Crippen LogP contribution in [0.15, 0.2) is 29.8 Å². The fourth-order valence-electron chi connectivity index (χ4n) is 2.06. The van der Waals surface area contributed by atoms with E-state index in [1.807, 2.05) is 0 Å². The van der Waals surface area contributed by atoms with Gasteiger partial charge in [0.1, 0.15) is 11.3 Å². The Morgan fingerprint density at radius 1 is 1.29 bits per heavy atom. The van der Waals surface area contributed by atoms with E-state index in [0.29, 0.717) is 11.0 Å². The second-order valence-electron chi connectivity index (χ2n) is 4.58. The van der Waals surface area contributed by atoms with Gasteiger partial charge in [0.25, 0.3) is 0 Å². The number of nitrogens with one attached hydrogen (secondary N) is 1. The summed E-state index contributed by atoms with van der Waals surface area (Å²) in [5, 5.41) is 2.65. The molecule has 1 aromatic heterocycles. The van der Waals surface area contributed by atoms with Crippen LogP contribution in [0.4, 0.5) is 20.2 Å². The molecule has 3 nitrogen and oxygen atoms in total. The highest BCUT2D eigenvalue weighted by atomic mass is 32.1. The van der Waals surface area contributed by atoms with Gasteiger partial charge < -0.3 is 5.32 Å². The first-order chi connectivity index (χ1) is 10.1. The fourth-order valence-corrected chi connectivity index (χ4v) is 2.78. The van der Waals surface area contributed by atoms with Crippen molar-refractivity contribution in [2.24, 2.45) is 0 Å². The number of aldehydes is 1. The number of hydrogen-bond donors (Lipinski definition) is 1. The van der Waals surface area contributed by atoms with Crippen LogP contribution in [-0.2, 0) is 0 Å². The molecule has 106 valence electrons. The maximum absolute atomic E-state index is 14.4. The molecule has 0 atom stereocenters. The molecule has 0 radical (unpaired) electrons. The first kappa shape index (κ1) is 13.6. The van der Waals surface area contributed by atoms with Gasteiger partial charge >= 0.3 is 0 Å². The number of anilines is 2. The van der Waals surface area contributed by atoms with Gasteiger partial charge in [0, 0.05) is 5.56 Å². The molecule has 6 heteroatoms. The molecule has 0 bridgehead atoms. The number of carbonyl (C=O) groups is 1. The van der Waals surface area contributed by atoms with Gasteiger partial charge in [-0.05, 0) is 30.7 Å². The van der Waals surface area contributed by atoms with Crippen molar-refractivity contribution in [3.63, 3.8) is 0 Å². The topological polar surface area (TPSA) is 42.0 Å². The van der Waals surface area contributed by atoms with Gasteiger partial charge in [-0.1, -0.05) is 6.07 Å². The summed E-state index contributed by atoms with van der Waals surface area (Å²) >= 11 is 1.24.